The highest BCUT2D eigenvalue weighted by atomic mass is 35.5. The molecular weight excluding hydrogens is 262 g/mol. The van der Waals surface area contributed by atoms with Gasteiger partial charge in [-0.1, -0.05) is 23.7 Å². The van der Waals surface area contributed by atoms with Crippen molar-refractivity contribution < 1.29 is 9.15 Å². The van der Waals surface area contributed by atoms with Gasteiger partial charge in [-0.15, -0.1) is 0 Å². The summed E-state index contributed by atoms with van der Waals surface area (Å²) in [6.07, 6.45) is 3.21. The predicted octanol–water partition coefficient (Wildman–Crippen LogP) is 4.05. The Morgan fingerprint density at radius 1 is 1.37 bits per heavy atom. The molecule has 1 fully saturated rings. The van der Waals surface area contributed by atoms with Gasteiger partial charge in [0.1, 0.15) is 5.76 Å². The molecule has 1 aliphatic rings. The van der Waals surface area contributed by atoms with E-state index in [1.54, 1.807) is 0 Å². The molecule has 1 aromatic carbocycles. The molecule has 2 unspecified atom stereocenters. The maximum absolute atomic E-state index is 6.36. The Bertz CT molecular complexity index is 587. The van der Waals surface area contributed by atoms with Gasteiger partial charge in [0.25, 0.3) is 0 Å². The maximum atomic E-state index is 6.36. The van der Waals surface area contributed by atoms with E-state index in [1.165, 1.54) is 0 Å². The molecule has 0 aliphatic carbocycles. The van der Waals surface area contributed by atoms with Crippen molar-refractivity contribution in [2.75, 3.05) is 6.61 Å². The van der Waals surface area contributed by atoms with E-state index in [0.717, 1.165) is 37.0 Å². The first-order chi connectivity index (χ1) is 9.10. The summed E-state index contributed by atoms with van der Waals surface area (Å²) >= 11 is 6.13. The summed E-state index contributed by atoms with van der Waals surface area (Å²) in [7, 11) is 0. The smallest absolute Gasteiger partial charge is 0.152 e. The van der Waals surface area contributed by atoms with Gasteiger partial charge in [0.2, 0.25) is 0 Å². The van der Waals surface area contributed by atoms with Crippen LogP contribution in [0.4, 0.5) is 0 Å². The van der Waals surface area contributed by atoms with Gasteiger partial charge in [-0.05, 0) is 38.3 Å². The lowest BCUT2D eigenvalue weighted by Gasteiger charge is -2.37. The highest BCUT2D eigenvalue weighted by Gasteiger charge is 2.37. The third-order valence-electron chi connectivity index (χ3n) is 3.98. The number of ether oxygens (including phenoxy) is 1. The molecule has 0 amide bonds. The largest absolute Gasteiger partial charge is 0.458 e. The van der Waals surface area contributed by atoms with Gasteiger partial charge in [0.15, 0.2) is 5.58 Å². The summed E-state index contributed by atoms with van der Waals surface area (Å²) in [5.41, 5.74) is 6.71. The van der Waals surface area contributed by atoms with Crippen LogP contribution in [0.1, 0.15) is 38.0 Å². The normalized spacial score (nSPS) is 25.6. The van der Waals surface area contributed by atoms with Gasteiger partial charge in [-0.3, -0.25) is 0 Å². The number of hydrogen-bond acceptors (Lipinski definition) is 3. The molecule has 1 aromatic heterocycles. The summed E-state index contributed by atoms with van der Waals surface area (Å²) in [5.74, 6) is 0.743. The number of furan rings is 1. The zero-order chi connectivity index (χ0) is 13.5. The quantitative estimate of drug-likeness (QED) is 0.902. The van der Waals surface area contributed by atoms with Crippen LogP contribution in [0.5, 0.6) is 0 Å². The Morgan fingerprint density at radius 2 is 2.21 bits per heavy atom. The molecule has 2 N–H and O–H groups in total. The molecule has 3 rings (SSSR count). The third-order valence-corrected chi connectivity index (χ3v) is 4.28. The first-order valence-corrected chi connectivity index (χ1v) is 7.05. The van der Waals surface area contributed by atoms with Crippen molar-refractivity contribution in [3.63, 3.8) is 0 Å². The highest BCUT2D eigenvalue weighted by molar-refractivity contribution is 6.34. The van der Waals surface area contributed by atoms with E-state index >= 15 is 0 Å². The lowest BCUT2D eigenvalue weighted by Crippen LogP contribution is -2.43. The van der Waals surface area contributed by atoms with Gasteiger partial charge in [-0.2, -0.15) is 0 Å². The Kier molecular flexibility index (Phi) is 3.29. The standard InChI is InChI=1S/C15H18ClNO2/c1-15(7-2-3-8-18-15)14(17)12-9-10-5-4-6-11(16)13(10)19-12/h4-6,9,14H,2-3,7-8,17H2,1H3. The Labute approximate surface area is 117 Å². The second-order valence-electron chi connectivity index (χ2n) is 5.40. The van der Waals surface area contributed by atoms with Crippen molar-refractivity contribution in [3.8, 4) is 0 Å². The lowest BCUT2D eigenvalue weighted by atomic mass is 9.87. The Hall–Kier alpha value is -1.03. The zero-order valence-electron chi connectivity index (χ0n) is 11.0. The molecular formula is C15H18ClNO2. The van der Waals surface area contributed by atoms with Gasteiger partial charge in [-0.25, -0.2) is 0 Å². The van der Waals surface area contributed by atoms with Crippen molar-refractivity contribution in [3.05, 3.63) is 35.0 Å². The average molecular weight is 280 g/mol. The Balaban J connectivity index is 1.97. The minimum absolute atomic E-state index is 0.267. The van der Waals surface area contributed by atoms with E-state index in [9.17, 15) is 0 Å². The van der Waals surface area contributed by atoms with Gasteiger partial charge in [0.05, 0.1) is 16.7 Å². The molecule has 3 nitrogen and oxygen atoms in total. The number of benzene rings is 1. The van der Waals surface area contributed by atoms with E-state index < -0.39 is 0 Å². The summed E-state index contributed by atoms with van der Waals surface area (Å²) in [5, 5.41) is 1.60. The van der Waals surface area contributed by atoms with Crippen molar-refractivity contribution in [2.45, 2.75) is 37.8 Å². The summed E-state index contributed by atoms with van der Waals surface area (Å²) in [6.45, 7) is 2.83. The van der Waals surface area contributed by atoms with Crippen LogP contribution in [0.25, 0.3) is 11.0 Å². The highest BCUT2D eigenvalue weighted by Crippen LogP contribution is 2.38. The minimum atomic E-state index is -0.349. The molecule has 4 heteroatoms. The fourth-order valence-electron chi connectivity index (χ4n) is 2.70. The SMILES string of the molecule is CC1(C(N)c2cc3cccc(Cl)c3o2)CCCCO1. The number of nitrogens with two attached hydrogens (primary N) is 1. The molecule has 1 aliphatic heterocycles. The van der Waals surface area contributed by atoms with Crippen LogP contribution in [0.3, 0.4) is 0 Å². The van der Waals surface area contributed by atoms with Crippen LogP contribution < -0.4 is 5.73 Å². The average Bonchev–Trinajstić information content (AvgIpc) is 2.84. The van der Waals surface area contributed by atoms with E-state index in [1.807, 2.05) is 24.3 Å². The van der Waals surface area contributed by atoms with E-state index in [2.05, 4.69) is 6.92 Å². The van der Waals surface area contributed by atoms with Gasteiger partial charge < -0.3 is 14.9 Å². The number of rotatable bonds is 2. The molecule has 0 bridgehead atoms. The lowest BCUT2D eigenvalue weighted by molar-refractivity contribution is -0.0852. The predicted molar refractivity (Wildman–Crippen MR) is 76.4 cm³/mol. The minimum Gasteiger partial charge on any atom is -0.458 e. The van der Waals surface area contributed by atoms with Gasteiger partial charge in [0, 0.05) is 12.0 Å². The topological polar surface area (TPSA) is 48.4 Å². The molecule has 2 atom stereocenters. The molecule has 1 saturated heterocycles. The molecule has 0 spiro atoms. The van der Waals surface area contributed by atoms with E-state index in [-0.39, 0.29) is 11.6 Å². The van der Waals surface area contributed by atoms with E-state index in [4.69, 9.17) is 26.5 Å². The zero-order valence-corrected chi connectivity index (χ0v) is 11.7. The number of hydrogen-bond donors (Lipinski definition) is 1. The van der Waals surface area contributed by atoms with E-state index in [0.29, 0.717) is 10.6 Å². The molecule has 102 valence electrons. The van der Waals surface area contributed by atoms with Crippen LogP contribution in [0.2, 0.25) is 5.02 Å². The van der Waals surface area contributed by atoms with Crippen LogP contribution in [-0.2, 0) is 4.74 Å². The molecule has 2 aromatic rings. The number of para-hydroxylation sites is 1. The molecule has 0 radical (unpaired) electrons. The first-order valence-electron chi connectivity index (χ1n) is 6.68. The third kappa shape index (κ3) is 2.27. The fourth-order valence-corrected chi connectivity index (χ4v) is 2.92. The summed E-state index contributed by atoms with van der Waals surface area (Å²) < 4.78 is 11.7. The molecule has 19 heavy (non-hydrogen) atoms. The summed E-state index contributed by atoms with van der Waals surface area (Å²) in [4.78, 5) is 0. The summed E-state index contributed by atoms with van der Waals surface area (Å²) in [6, 6.07) is 7.41. The number of halogens is 1. The van der Waals surface area contributed by atoms with Crippen LogP contribution in [0, 0.1) is 0 Å². The van der Waals surface area contributed by atoms with Crippen molar-refractivity contribution in [1.82, 2.24) is 0 Å². The Morgan fingerprint density at radius 3 is 2.89 bits per heavy atom. The molecule has 2 heterocycles. The van der Waals surface area contributed by atoms with Crippen molar-refractivity contribution >= 4 is 22.6 Å². The van der Waals surface area contributed by atoms with Crippen molar-refractivity contribution in [1.29, 1.82) is 0 Å². The first kappa shape index (κ1) is 13.0. The van der Waals surface area contributed by atoms with Crippen LogP contribution >= 0.6 is 11.6 Å². The second-order valence-corrected chi connectivity index (χ2v) is 5.81. The van der Waals surface area contributed by atoms with Crippen LogP contribution in [-0.4, -0.2) is 12.2 Å². The maximum Gasteiger partial charge on any atom is 0.152 e. The fraction of sp³-hybridized carbons (Fsp3) is 0.467. The van der Waals surface area contributed by atoms with Crippen LogP contribution in [0.15, 0.2) is 28.7 Å². The van der Waals surface area contributed by atoms with Crippen molar-refractivity contribution in [2.24, 2.45) is 5.73 Å². The van der Waals surface area contributed by atoms with Gasteiger partial charge >= 0.3 is 0 Å². The second kappa shape index (κ2) is 4.82. The number of fused-ring (bicyclic) bond motifs is 1. The monoisotopic (exact) mass is 279 g/mol. The molecule has 0 saturated carbocycles.